The largest absolute Gasteiger partial charge is 0.444 e. The number of benzene rings is 1. The molecule has 5 nitrogen and oxygen atoms in total. The molecule has 1 aliphatic carbocycles. The monoisotopic (exact) mass is 382 g/mol. The van der Waals surface area contributed by atoms with E-state index in [1.54, 1.807) is 0 Å². The average molecular weight is 383 g/mol. The summed E-state index contributed by atoms with van der Waals surface area (Å²) in [6.07, 6.45) is 1.24. The van der Waals surface area contributed by atoms with Crippen molar-refractivity contribution in [1.29, 1.82) is 0 Å². The highest BCUT2D eigenvalue weighted by molar-refractivity contribution is 9.10. The van der Waals surface area contributed by atoms with Gasteiger partial charge in [-0.1, -0.05) is 28.1 Å². The summed E-state index contributed by atoms with van der Waals surface area (Å²) in [5.41, 5.74) is 0.103. The number of hydrogen-bond donors (Lipinski definition) is 2. The van der Waals surface area contributed by atoms with Gasteiger partial charge in [0.05, 0.1) is 5.41 Å². The fraction of sp³-hybridized carbons (Fsp3) is 0.529. The predicted octanol–water partition coefficient (Wildman–Crippen LogP) is 3.12. The highest BCUT2D eigenvalue weighted by Gasteiger charge is 2.51. The standard InChI is InChI=1S/C17H23BrN2O3/c1-16(2,3)23-15(22)20-10-9-19-14(21)17(7-8-17)12-5-4-6-13(18)11-12/h4-6,11H,7-10H2,1-3H3,(H,19,21)(H,20,22). The van der Waals surface area contributed by atoms with E-state index in [4.69, 9.17) is 4.74 Å². The average Bonchev–Trinajstić information content (AvgIpc) is 3.23. The molecule has 2 rings (SSSR count). The van der Waals surface area contributed by atoms with E-state index in [1.807, 2.05) is 45.0 Å². The lowest BCUT2D eigenvalue weighted by Crippen LogP contribution is -2.41. The third-order valence-electron chi connectivity index (χ3n) is 3.64. The summed E-state index contributed by atoms with van der Waals surface area (Å²) in [4.78, 5) is 24.0. The van der Waals surface area contributed by atoms with Crippen LogP contribution in [0.5, 0.6) is 0 Å². The molecular formula is C17H23BrN2O3. The fourth-order valence-electron chi connectivity index (χ4n) is 2.38. The van der Waals surface area contributed by atoms with E-state index in [2.05, 4.69) is 26.6 Å². The number of nitrogens with one attached hydrogen (secondary N) is 2. The molecule has 2 N–H and O–H groups in total. The summed E-state index contributed by atoms with van der Waals surface area (Å²) >= 11 is 3.44. The number of carbonyl (C=O) groups excluding carboxylic acids is 2. The van der Waals surface area contributed by atoms with Gasteiger partial charge in [-0.05, 0) is 51.3 Å². The van der Waals surface area contributed by atoms with Gasteiger partial charge in [-0.2, -0.15) is 0 Å². The summed E-state index contributed by atoms with van der Waals surface area (Å²) < 4.78 is 6.11. The Labute approximate surface area is 145 Å². The summed E-state index contributed by atoms with van der Waals surface area (Å²) in [7, 11) is 0. The Balaban J connectivity index is 1.78. The molecule has 1 aliphatic rings. The van der Waals surface area contributed by atoms with Crippen molar-refractivity contribution < 1.29 is 14.3 Å². The zero-order chi connectivity index (χ0) is 17.1. The van der Waals surface area contributed by atoms with Gasteiger partial charge < -0.3 is 15.4 Å². The molecule has 126 valence electrons. The van der Waals surface area contributed by atoms with Gasteiger partial charge in [-0.25, -0.2) is 4.79 Å². The van der Waals surface area contributed by atoms with Crippen LogP contribution in [0.15, 0.2) is 28.7 Å². The lowest BCUT2D eigenvalue weighted by Gasteiger charge is -2.20. The molecule has 0 radical (unpaired) electrons. The molecule has 0 spiro atoms. The van der Waals surface area contributed by atoms with Crippen molar-refractivity contribution in [2.75, 3.05) is 13.1 Å². The number of rotatable bonds is 5. The zero-order valence-electron chi connectivity index (χ0n) is 13.7. The Morgan fingerprint density at radius 2 is 1.87 bits per heavy atom. The van der Waals surface area contributed by atoms with Crippen molar-refractivity contribution in [2.45, 2.75) is 44.6 Å². The Morgan fingerprint density at radius 3 is 2.43 bits per heavy atom. The van der Waals surface area contributed by atoms with Gasteiger partial charge in [0.15, 0.2) is 0 Å². The SMILES string of the molecule is CC(C)(C)OC(=O)NCCNC(=O)C1(c2cccc(Br)c2)CC1. The number of ether oxygens (including phenoxy) is 1. The second kappa shape index (κ2) is 6.91. The lowest BCUT2D eigenvalue weighted by molar-refractivity contribution is -0.123. The van der Waals surface area contributed by atoms with Crippen LogP contribution in [0.1, 0.15) is 39.2 Å². The molecule has 1 saturated carbocycles. The molecule has 0 unspecified atom stereocenters. The first-order chi connectivity index (χ1) is 10.7. The smallest absolute Gasteiger partial charge is 0.407 e. The van der Waals surface area contributed by atoms with Gasteiger partial charge in [0, 0.05) is 17.6 Å². The molecule has 0 bridgehead atoms. The van der Waals surface area contributed by atoms with Crippen molar-refractivity contribution in [1.82, 2.24) is 10.6 Å². The van der Waals surface area contributed by atoms with E-state index < -0.39 is 17.1 Å². The van der Waals surface area contributed by atoms with Crippen LogP contribution in [0.3, 0.4) is 0 Å². The minimum atomic E-state index is -0.522. The van der Waals surface area contributed by atoms with Crippen LogP contribution in [0.4, 0.5) is 4.79 Å². The van der Waals surface area contributed by atoms with E-state index in [0.717, 1.165) is 22.9 Å². The van der Waals surface area contributed by atoms with Crippen LogP contribution in [-0.2, 0) is 14.9 Å². The molecule has 2 amide bonds. The first kappa shape index (κ1) is 17.8. The fourth-order valence-corrected chi connectivity index (χ4v) is 2.78. The maximum atomic E-state index is 12.4. The Morgan fingerprint density at radius 1 is 1.22 bits per heavy atom. The van der Waals surface area contributed by atoms with Crippen LogP contribution >= 0.6 is 15.9 Å². The normalized spacial score (nSPS) is 15.7. The maximum absolute atomic E-state index is 12.4. The van der Waals surface area contributed by atoms with Gasteiger partial charge in [0.25, 0.3) is 0 Å². The molecule has 0 saturated heterocycles. The number of carbonyl (C=O) groups is 2. The van der Waals surface area contributed by atoms with Gasteiger partial charge in [0.2, 0.25) is 5.91 Å². The van der Waals surface area contributed by atoms with Crippen molar-refractivity contribution >= 4 is 27.9 Å². The summed E-state index contributed by atoms with van der Waals surface area (Å²) in [6.45, 7) is 6.15. The molecule has 0 heterocycles. The Bertz CT molecular complexity index is 592. The highest BCUT2D eigenvalue weighted by atomic mass is 79.9. The van der Waals surface area contributed by atoms with Gasteiger partial charge in [-0.3, -0.25) is 4.79 Å². The quantitative estimate of drug-likeness (QED) is 0.768. The first-order valence-corrected chi connectivity index (χ1v) is 8.53. The first-order valence-electron chi connectivity index (χ1n) is 7.74. The van der Waals surface area contributed by atoms with Crippen LogP contribution in [-0.4, -0.2) is 30.7 Å². The molecule has 23 heavy (non-hydrogen) atoms. The van der Waals surface area contributed by atoms with E-state index >= 15 is 0 Å². The number of halogens is 1. The van der Waals surface area contributed by atoms with Crippen molar-refractivity contribution in [2.24, 2.45) is 0 Å². The van der Waals surface area contributed by atoms with Gasteiger partial charge >= 0.3 is 6.09 Å². The molecule has 0 atom stereocenters. The van der Waals surface area contributed by atoms with E-state index in [1.165, 1.54) is 0 Å². The molecule has 0 aromatic heterocycles. The Kier molecular flexibility index (Phi) is 5.34. The third kappa shape index (κ3) is 4.96. The second-order valence-electron chi connectivity index (χ2n) is 6.78. The van der Waals surface area contributed by atoms with Crippen LogP contribution in [0, 0.1) is 0 Å². The van der Waals surface area contributed by atoms with Crippen LogP contribution in [0.2, 0.25) is 0 Å². The summed E-state index contributed by atoms with van der Waals surface area (Å²) in [5, 5.41) is 5.53. The maximum Gasteiger partial charge on any atom is 0.407 e. The number of hydrogen-bond acceptors (Lipinski definition) is 3. The molecule has 1 aromatic carbocycles. The molecule has 1 fully saturated rings. The topological polar surface area (TPSA) is 67.4 Å². The third-order valence-corrected chi connectivity index (χ3v) is 4.13. The summed E-state index contributed by atoms with van der Waals surface area (Å²) in [6, 6.07) is 7.86. The minimum absolute atomic E-state index is 0.0154. The van der Waals surface area contributed by atoms with Crippen molar-refractivity contribution in [3.8, 4) is 0 Å². The zero-order valence-corrected chi connectivity index (χ0v) is 15.3. The highest BCUT2D eigenvalue weighted by Crippen LogP contribution is 2.48. The van der Waals surface area contributed by atoms with E-state index in [0.29, 0.717) is 13.1 Å². The molecule has 0 aliphatic heterocycles. The minimum Gasteiger partial charge on any atom is -0.444 e. The van der Waals surface area contributed by atoms with Crippen LogP contribution < -0.4 is 10.6 Å². The summed E-state index contributed by atoms with van der Waals surface area (Å²) in [5.74, 6) is 0.0154. The number of alkyl carbamates (subject to hydrolysis) is 1. The molecular weight excluding hydrogens is 360 g/mol. The number of amides is 2. The van der Waals surface area contributed by atoms with Gasteiger partial charge in [0.1, 0.15) is 5.60 Å². The van der Waals surface area contributed by atoms with E-state index in [9.17, 15) is 9.59 Å². The van der Waals surface area contributed by atoms with Crippen molar-refractivity contribution in [3.05, 3.63) is 34.3 Å². The second-order valence-corrected chi connectivity index (χ2v) is 7.69. The van der Waals surface area contributed by atoms with Crippen LogP contribution in [0.25, 0.3) is 0 Å². The predicted molar refractivity (Wildman–Crippen MR) is 92.3 cm³/mol. The van der Waals surface area contributed by atoms with E-state index in [-0.39, 0.29) is 5.91 Å². The van der Waals surface area contributed by atoms with Crippen molar-refractivity contribution in [3.63, 3.8) is 0 Å². The van der Waals surface area contributed by atoms with Gasteiger partial charge in [-0.15, -0.1) is 0 Å². The Hall–Kier alpha value is -1.56. The lowest BCUT2D eigenvalue weighted by atomic mass is 9.95. The molecule has 1 aromatic rings. The molecule has 6 heteroatoms.